The Bertz CT molecular complexity index is 731. The van der Waals surface area contributed by atoms with Crippen molar-refractivity contribution >= 4 is 27.4 Å². The Hall–Kier alpha value is -2.08. The van der Waals surface area contributed by atoms with E-state index < -0.39 is 5.97 Å². The average molecular weight is 307 g/mol. The molecule has 0 atom stereocenters. The van der Waals surface area contributed by atoms with Crippen molar-refractivity contribution in [3.05, 3.63) is 46.9 Å². The van der Waals surface area contributed by atoms with Gasteiger partial charge in [0.2, 0.25) is 0 Å². The van der Waals surface area contributed by atoms with Gasteiger partial charge in [0.15, 0.2) is 11.6 Å². The third-order valence-corrected chi connectivity index (χ3v) is 3.16. The minimum atomic E-state index is -0.980. The van der Waals surface area contributed by atoms with Crippen molar-refractivity contribution < 1.29 is 14.3 Å². The van der Waals surface area contributed by atoms with Crippen molar-refractivity contribution in [3.63, 3.8) is 0 Å². The van der Waals surface area contributed by atoms with Gasteiger partial charge in [-0.3, -0.25) is 4.40 Å². The molecule has 0 saturated heterocycles. The highest BCUT2D eigenvalue weighted by atomic mass is 79.9. The molecule has 0 amide bonds. The number of hydrogen-bond donors (Lipinski definition) is 1. The molecule has 0 spiro atoms. The summed E-state index contributed by atoms with van der Waals surface area (Å²) in [5.74, 6) is 0.162. The first-order chi connectivity index (χ1) is 8.66. The van der Waals surface area contributed by atoms with E-state index in [1.807, 2.05) is 0 Å². The highest BCUT2D eigenvalue weighted by Gasteiger charge is 2.14. The number of imidazole rings is 1. The third kappa shape index (κ3) is 1.62. The number of aromatic nitrogens is 2. The summed E-state index contributed by atoms with van der Waals surface area (Å²) in [4.78, 5) is 15.3. The first-order valence-corrected chi connectivity index (χ1v) is 5.91. The number of furan rings is 1. The van der Waals surface area contributed by atoms with E-state index in [1.54, 1.807) is 28.9 Å². The van der Waals surface area contributed by atoms with Gasteiger partial charge in [-0.1, -0.05) is 0 Å². The Morgan fingerprint density at radius 1 is 1.39 bits per heavy atom. The molecule has 3 aromatic rings. The van der Waals surface area contributed by atoms with Gasteiger partial charge in [0.05, 0.1) is 17.3 Å². The molecule has 6 heteroatoms. The van der Waals surface area contributed by atoms with Crippen molar-refractivity contribution in [2.45, 2.75) is 0 Å². The lowest BCUT2D eigenvalue weighted by Gasteiger charge is -2.00. The number of carbonyl (C=O) groups is 1. The molecule has 1 N–H and O–H groups in total. The lowest BCUT2D eigenvalue weighted by atomic mass is 10.3. The van der Waals surface area contributed by atoms with Crippen LogP contribution >= 0.6 is 15.9 Å². The van der Waals surface area contributed by atoms with Gasteiger partial charge < -0.3 is 9.52 Å². The minimum absolute atomic E-state index is 0.195. The predicted octanol–water partition coefficient (Wildman–Crippen LogP) is 3.06. The Morgan fingerprint density at radius 2 is 2.22 bits per heavy atom. The highest BCUT2D eigenvalue weighted by Crippen LogP contribution is 2.26. The molecule has 18 heavy (non-hydrogen) atoms. The zero-order chi connectivity index (χ0) is 12.7. The zero-order valence-corrected chi connectivity index (χ0v) is 10.6. The van der Waals surface area contributed by atoms with Crippen LogP contribution in [0.5, 0.6) is 0 Å². The molecular weight excluding hydrogens is 300 g/mol. The summed E-state index contributed by atoms with van der Waals surface area (Å²) in [6, 6.07) is 6.77. The van der Waals surface area contributed by atoms with Gasteiger partial charge in [0.25, 0.3) is 0 Å². The van der Waals surface area contributed by atoms with Crippen LogP contribution < -0.4 is 0 Å². The molecule has 3 heterocycles. The van der Waals surface area contributed by atoms with E-state index in [-0.39, 0.29) is 5.56 Å². The molecule has 0 unspecified atom stereocenters. The number of rotatable bonds is 2. The largest absolute Gasteiger partial charge is 0.478 e. The normalized spacial score (nSPS) is 10.9. The number of halogens is 1. The SMILES string of the molecule is O=C(O)c1ccc2c(Br)nc(-c3ccco3)n2c1. The summed E-state index contributed by atoms with van der Waals surface area (Å²) in [6.45, 7) is 0. The summed E-state index contributed by atoms with van der Waals surface area (Å²) in [5.41, 5.74) is 0.978. The number of aromatic carboxylic acids is 1. The molecule has 3 rings (SSSR count). The van der Waals surface area contributed by atoms with E-state index in [4.69, 9.17) is 9.52 Å². The van der Waals surface area contributed by atoms with Crippen LogP contribution in [0.4, 0.5) is 0 Å². The van der Waals surface area contributed by atoms with Gasteiger partial charge in [-0.05, 0) is 40.2 Å². The average Bonchev–Trinajstić information content (AvgIpc) is 2.97. The van der Waals surface area contributed by atoms with Crippen LogP contribution in [0.3, 0.4) is 0 Å². The van der Waals surface area contributed by atoms with Crippen LogP contribution in [0.15, 0.2) is 45.7 Å². The maximum atomic E-state index is 11.0. The van der Waals surface area contributed by atoms with Crippen molar-refractivity contribution in [2.75, 3.05) is 0 Å². The fourth-order valence-electron chi connectivity index (χ4n) is 1.75. The van der Waals surface area contributed by atoms with Crippen molar-refractivity contribution in [2.24, 2.45) is 0 Å². The maximum Gasteiger partial charge on any atom is 0.337 e. The maximum absolute atomic E-state index is 11.0. The summed E-state index contributed by atoms with van der Waals surface area (Å²) in [5, 5.41) is 9.00. The van der Waals surface area contributed by atoms with Gasteiger partial charge in [-0.15, -0.1) is 0 Å². The third-order valence-electron chi connectivity index (χ3n) is 2.58. The summed E-state index contributed by atoms with van der Waals surface area (Å²) >= 11 is 3.34. The number of carboxylic acids is 1. The van der Waals surface area contributed by atoms with Crippen LogP contribution in [0.2, 0.25) is 0 Å². The van der Waals surface area contributed by atoms with E-state index in [1.165, 1.54) is 12.3 Å². The van der Waals surface area contributed by atoms with Gasteiger partial charge in [0.1, 0.15) is 4.60 Å². The second-order valence-corrected chi connectivity index (χ2v) is 4.43. The second-order valence-electron chi connectivity index (χ2n) is 3.68. The highest BCUT2D eigenvalue weighted by molar-refractivity contribution is 9.10. The summed E-state index contributed by atoms with van der Waals surface area (Å²) in [7, 11) is 0. The molecule has 0 saturated carbocycles. The predicted molar refractivity (Wildman–Crippen MR) is 67.6 cm³/mol. The monoisotopic (exact) mass is 306 g/mol. The van der Waals surface area contributed by atoms with E-state index in [0.29, 0.717) is 16.2 Å². The van der Waals surface area contributed by atoms with E-state index in [2.05, 4.69) is 20.9 Å². The van der Waals surface area contributed by atoms with Crippen LogP contribution in [-0.2, 0) is 0 Å². The quantitative estimate of drug-likeness (QED) is 0.790. The lowest BCUT2D eigenvalue weighted by molar-refractivity contribution is 0.0696. The van der Waals surface area contributed by atoms with Gasteiger partial charge >= 0.3 is 5.97 Å². The molecule has 0 aliphatic rings. The smallest absolute Gasteiger partial charge is 0.337 e. The topological polar surface area (TPSA) is 67.7 Å². The first-order valence-electron chi connectivity index (χ1n) is 5.11. The molecular formula is C12H7BrN2O3. The molecule has 5 nitrogen and oxygen atoms in total. The Balaban J connectivity index is 2.32. The zero-order valence-electron chi connectivity index (χ0n) is 9.00. The molecule has 0 bridgehead atoms. The Morgan fingerprint density at radius 3 is 2.89 bits per heavy atom. The Labute approximate surface area is 110 Å². The van der Waals surface area contributed by atoms with Gasteiger partial charge in [-0.2, -0.15) is 0 Å². The van der Waals surface area contributed by atoms with E-state index in [9.17, 15) is 4.79 Å². The molecule has 0 aromatic carbocycles. The molecule has 0 aliphatic heterocycles. The number of pyridine rings is 1. The second kappa shape index (κ2) is 3.99. The molecule has 0 fully saturated rings. The molecule has 90 valence electrons. The minimum Gasteiger partial charge on any atom is -0.478 e. The van der Waals surface area contributed by atoms with Crippen molar-refractivity contribution in [3.8, 4) is 11.6 Å². The number of nitrogens with zero attached hydrogens (tertiary/aromatic N) is 2. The summed E-state index contributed by atoms with van der Waals surface area (Å²) < 4.78 is 7.62. The molecule has 0 radical (unpaired) electrons. The first kappa shape index (κ1) is 11.0. The van der Waals surface area contributed by atoms with E-state index >= 15 is 0 Å². The van der Waals surface area contributed by atoms with Crippen molar-refractivity contribution in [1.29, 1.82) is 0 Å². The summed E-state index contributed by atoms with van der Waals surface area (Å²) in [6.07, 6.45) is 3.07. The fourth-order valence-corrected chi connectivity index (χ4v) is 2.25. The van der Waals surface area contributed by atoms with Gasteiger partial charge in [0, 0.05) is 6.20 Å². The fraction of sp³-hybridized carbons (Fsp3) is 0. The van der Waals surface area contributed by atoms with E-state index in [0.717, 1.165) is 5.52 Å². The molecule has 0 aliphatic carbocycles. The van der Waals surface area contributed by atoms with Crippen LogP contribution in [0.25, 0.3) is 17.1 Å². The standard InChI is InChI=1S/C12H7BrN2O3/c13-10-8-4-3-7(12(16)17)6-15(8)11(14-10)9-2-1-5-18-9/h1-6H,(H,16,17). The number of hydrogen-bond acceptors (Lipinski definition) is 3. The lowest BCUT2D eigenvalue weighted by Crippen LogP contribution is -1.99. The van der Waals surface area contributed by atoms with Gasteiger partial charge in [-0.25, -0.2) is 9.78 Å². The molecule has 3 aromatic heterocycles. The van der Waals surface area contributed by atoms with Crippen LogP contribution in [0, 0.1) is 0 Å². The van der Waals surface area contributed by atoms with Crippen LogP contribution in [0.1, 0.15) is 10.4 Å². The Kier molecular flexibility index (Phi) is 2.45. The van der Waals surface area contributed by atoms with Crippen molar-refractivity contribution in [1.82, 2.24) is 9.38 Å². The number of carboxylic acid groups (broad SMARTS) is 1. The number of fused-ring (bicyclic) bond motifs is 1. The van der Waals surface area contributed by atoms with Crippen LogP contribution in [-0.4, -0.2) is 20.5 Å².